The topological polar surface area (TPSA) is 58.4 Å². The van der Waals surface area contributed by atoms with Crippen molar-refractivity contribution in [2.45, 2.75) is 6.42 Å². The van der Waals surface area contributed by atoms with Gasteiger partial charge in [0.1, 0.15) is 5.82 Å². The minimum Gasteiger partial charge on any atom is -0.397 e. The van der Waals surface area contributed by atoms with E-state index in [9.17, 15) is 9.18 Å². The maximum Gasteiger partial charge on any atom is 0.326 e. The number of halogens is 1. The normalized spacial score (nSPS) is 13.2. The van der Waals surface area contributed by atoms with E-state index in [4.69, 9.17) is 5.73 Å². The molecule has 5 heteroatoms. The maximum absolute atomic E-state index is 12.8. The lowest BCUT2D eigenvalue weighted by Gasteiger charge is -2.19. The van der Waals surface area contributed by atoms with E-state index in [2.05, 4.69) is 5.32 Å². The van der Waals surface area contributed by atoms with E-state index < -0.39 is 0 Å². The molecule has 0 spiro atoms. The van der Waals surface area contributed by atoms with Crippen LogP contribution in [0.5, 0.6) is 0 Å². The summed E-state index contributed by atoms with van der Waals surface area (Å²) in [5.41, 5.74) is 8.93. The summed E-state index contributed by atoms with van der Waals surface area (Å²) in [6.07, 6.45) is 0.789. The number of hydrogen-bond donors (Lipinski definition) is 2. The number of hydrogen-bond acceptors (Lipinski definition) is 2. The van der Waals surface area contributed by atoms with Crippen molar-refractivity contribution in [1.29, 1.82) is 0 Å². The first kappa shape index (κ1) is 12.5. The second-order valence-corrected chi connectivity index (χ2v) is 4.69. The van der Waals surface area contributed by atoms with E-state index in [1.54, 1.807) is 11.0 Å². The molecule has 0 aromatic heterocycles. The lowest BCUT2D eigenvalue weighted by molar-refractivity contribution is 0.257. The van der Waals surface area contributed by atoms with Gasteiger partial charge in [0.05, 0.1) is 11.4 Å². The van der Waals surface area contributed by atoms with E-state index in [-0.39, 0.29) is 11.8 Å². The van der Waals surface area contributed by atoms with E-state index >= 15 is 0 Å². The fraction of sp³-hybridized carbons (Fsp3) is 0.133. The van der Waals surface area contributed by atoms with Crippen LogP contribution in [-0.2, 0) is 6.42 Å². The summed E-state index contributed by atoms with van der Waals surface area (Å²) in [4.78, 5) is 13.9. The van der Waals surface area contributed by atoms with Crippen molar-refractivity contribution >= 4 is 23.1 Å². The zero-order valence-electron chi connectivity index (χ0n) is 10.8. The van der Waals surface area contributed by atoms with Crippen molar-refractivity contribution in [1.82, 2.24) is 0 Å². The molecule has 20 heavy (non-hydrogen) atoms. The fourth-order valence-electron chi connectivity index (χ4n) is 2.41. The van der Waals surface area contributed by atoms with Crippen LogP contribution < -0.4 is 16.0 Å². The molecule has 2 aromatic carbocycles. The highest BCUT2D eigenvalue weighted by atomic mass is 19.1. The number of anilines is 3. The number of nitrogens with two attached hydrogens (primary N) is 1. The predicted octanol–water partition coefficient (Wildman–Crippen LogP) is 3.00. The minimum atomic E-state index is -0.334. The Morgan fingerprint density at radius 1 is 1.20 bits per heavy atom. The average Bonchev–Trinajstić information content (AvgIpc) is 2.87. The number of nitrogen functional groups attached to an aromatic ring is 1. The number of amides is 2. The van der Waals surface area contributed by atoms with Crippen LogP contribution in [0.4, 0.5) is 26.2 Å². The number of nitrogens with one attached hydrogen (secondary N) is 1. The van der Waals surface area contributed by atoms with Crippen LogP contribution in [-0.4, -0.2) is 12.6 Å². The number of rotatable bonds is 1. The van der Waals surface area contributed by atoms with Gasteiger partial charge in [-0.1, -0.05) is 12.1 Å². The molecule has 4 nitrogen and oxygen atoms in total. The maximum atomic E-state index is 12.8. The third-order valence-electron chi connectivity index (χ3n) is 3.37. The Labute approximate surface area is 116 Å². The molecule has 102 valence electrons. The molecule has 0 saturated heterocycles. The monoisotopic (exact) mass is 271 g/mol. The Balaban J connectivity index is 1.82. The van der Waals surface area contributed by atoms with E-state index in [0.29, 0.717) is 17.9 Å². The average molecular weight is 271 g/mol. The van der Waals surface area contributed by atoms with Crippen molar-refractivity contribution in [2.75, 3.05) is 22.5 Å². The zero-order chi connectivity index (χ0) is 14.1. The molecule has 0 fully saturated rings. The van der Waals surface area contributed by atoms with E-state index in [1.165, 1.54) is 24.3 Å². The van der Waals surface area contributed by atoms with Gasteiger partial charge in [-0.3, -0.25) is 4.90 Å². The summed E-state index contributed by atoms with van der Waals surface area (Å²) in [7, 11) is 0. The summed E-state index contributed by atoms with van der Waals surface area (Å²) < 4.78 is 12.8. The third-order valence-corrected chi connectivity index (χ3v) is 3.37. The Morgan fingerprint density at radius 2 is 1.95 bits per heavy atom. The molecule has 3 rings (SSSR count). The van der Waals surface area contributed by atoms with Gasteiger partial charge in [0.25, 0.3) is 0 Å². The summed E-state index contributed by atoms with van der Waals surface area (Å²) in [6, 6.07) is 11.0. The largest absolute Gasteiger partial charge is 0.397 e. The van der Waals surface area contributed by atoms with Crippen LogP contribution in [0.15, 0.2) is 42.5 Å². The molecule has 3 N–H and O–H groups in total. The van der Waals surface area contributed by atoms with Crippen LogP contribution in [0, 0.1) is 5.82 Å². The number of fused-ring (bicyclic) bond motifs is 1. The highest BCUT2D eigenvalue weighted by molar-refractivity contribution is 6.05. The molecular formula is C15H14FN3O. The molecule has 0 aliphatic carbocycles. The van der Waals surface area contributed by atoms with Crippen LogP contribution >= 0.6 is 0 Å². The highest BCUT2D eigenvalue weighted by Gasteiger charge is 2.26. The van der Waals surface area contributed by atoms with Gasteiger partial charge in [-0.05, 0) is 42.3 Å². The molecule has 1 aliphatic rings. The summed E-state index contributed by atoms with van der Waals surface area (Å²) >= 11 is 0. The number of urea groups is 1. The molecular weight excluding hydrogens is 257 g/mol. The Morgan fingerprint density at radius 3 is 2.70 bits per heavy atom. The molecule has 2 amide bonds. The van der Waals surface area contributed by atoms with Crippen LogP contribution in [0.2, 0.25) is 0 Å². The first-order valence-corrected chi connectivity index (χ1v) is 6.36. The highest BCUT2D eigenvalue weighted by Crippen LogP contribution is 2.33. The molecule has 1 heterocycles. The quantitative estimate of drug-likeness (QED) is 0.783. The van der Waals surface area contributed by atoms with Gasteiger partial charge in [-0.2, -0.15) is 0 Å². The number of carbonyl (C=O) groups is 1. The molecule has 0 saturated carbocycles. The van der Waals surface area contributed by atoms with E-state index in [1.807, 2.05) is 12.1 Å². The van der Waals surface area contributed by atoms with E-state index in [0.717, 1.165) is 17.7 Å². The summed E-state index contributed by atoms with van der Waals surface area (Å²) in [5, 5.41) is 2.74. The first-order chi connectivity index (χ1) is 9.65. The van der Waals surface area contributed by atoms with Crippen LogP contribution in [0.3, 0.4) is 0 Å². The molecule has 0 radical (unpaired) electrons. The Kier molecular flexibility index (Phi) is 3.02. The minimum absolute atomic E-state index is 0.256. The molecule has 0 unspecified atom stereocenters. The second-order valence-electron chi connectivity index (χ2n) is 4.69. The number of benzene rings is 2. The number of carbonyl (C=O) groups excluding carboxylic acids is 1. The van der Waals surface area contributed by atoms with Crippen molar-refractivity contribution in [3.05, 3.63) is 53.8 Å². The van der Waals surface area contributed by atoms with Crippen LogP contribution in [0.25, 0.3) is 0 Å². The van der Waals surface area contributed by atoms with Gasteiger partial charge in [0.2, 0.25) is 0 Å². The lowest BCUT2D eigenvalue weighted by atomic mass is 10.1. The summed E-state index contributed by atoms with van der Waals surface area (Å²) in [6.45, 7) is 0.594. The molecule has 2 aromatic rings. The first-order valence-electron chi connectivity index (χ1n) is 6.36. The second kappa shape index (κ2) is 4.85. The van der Waals surface area contributed by atoms with Crippen molar-refractivity contribution < 1.29 is 9.18 Å². The molecule has 0 atom stereocenters. The zero-order valence-corrected chi connectivity index (χ0v) is 10.8. The Bertz CT molecular complexity index is 655. The van der Waals surface area contributed by atoms with Gasteiger partial charge in [-0.25, -0.2) is 9.18 Å². The van der Waals surface area contributed by atoms with Crippen molar-refractivity contribution in [3.63, 3.8) is 0 Å². The number of nitrogens with zero attached hydrogens (tertiary/aromatic N) is 1. The predicted molar refractivity (Wildman–Crippen MR) is 77.3 cm³/mol. The standard InChI is InChI=1S/C15H14FN3O/c16-11-4-6-12(7-5-11)18-15(20)19-9-8-10-2-1-3-13(17)14(10)19/h1-7H,8-9,17H2,(H,18,20). The van der Waals surface area contributed by atoms with Gasteiger partial charge in [0.15, 0.2) is 0 Å². The van der Waals surface area contributed by atoms with Crippen molar-refractivity contribution in [2.24, 2.45) is 0 Å². The molecule has 1 aliphatic heterocycles. The van der Waals surface area contributed by atoms with Gasteiger partial charge >= 0.3 is 6.03 Å². The van der Waals surface area contributed by atoms with Crippen molar-refractivity contribution in [3.8, 4) is 0 Å². The molecule has 0 bridgehead atoms. The van der Waals surface area contributed by atoms with Crippen LogP contribution in [0.1, 0.15) is 5.56 Å². The number of para-hydroxylation sites is 1. The van der Waals surface area contributed by atoms with Gasteiger partial charge in [0, 0.05) is 12.2 Å². The third kappa shape index (κ3) is 2.18. The Hall–Kier alpha value is -2.56. The fourth-order valence-corrected chi connectivity index (χ4v) is 2.41. The summed E-state index contributed by atoms with van der Waals surface area (Å²) in [5.74, 6) is -0.334. The lowest BCUT2D eigenvalue weighted by Crippen LogP contribution is -2.33. The van der Waals surface area contributed by atoms with Gasteiger partial charge in [-0.15, -0.1) is 0 Å². The smallest absolute Gasteiger partial charge is 0.326 e. The SMILES string of the molecule is Nc1cccc2c1N(C(=O)Nc1ccc(F)cc1)CC2. The van der Waals surface area contributed by atoms with Gasteiger partial charge < -0.3 is 11.1 Å².